The fourth-order valence-corrected chi connectivity index (χ4v) is 2.62. The van der Waals surface area contributed by atoms with Crippen molar-refractivity contribution >= 4 is 11.9 Å². The Kier molecular flexibility index (Phi) is 5.64. The molecule has 0 bridgehead atoms. The van der Waals surface area contributed by atoms with Crippen LogP contribution in [0, 0.1) is 13.8 Å². The Balaban J connectivity index is 2.34. The number of methoxy groups -OCH3 is 2. The van der Waals surface area contributed by atoms with E-state index in [2.05, 4.69) is 5.32 Å². The van der Waals surface area contributed by atoms with Crippen LogP contribution in [0.4, 0.5) is 0 Å². The Labute approximate surface area is 146 Å². The molecule has 25 heavy (non-hydrogen) atoms. The van der Waals surface area contributed by atoms with Gasteiger partial charge in [0.25, 0.3) is 5.91 Å². The zero-order chi connectivity index (χ0) is 18.6. The number of hydrogen-bond acceptors (Lipinski definition) is 4. The van der Waals surface area contributed by atoms with Crippen LogP contribution in [0.2, 0.25) is 0 Å². The van der Waals surface area contributed by atoms with Gasteiger partial charge < -0.3 is 19.9 Å². The molecule has 0 aliphatic carbocycles. The molecule has 1 amide bonds. The van der Waals surface area contributed by atoms with Gasteiger partial charge in [-0.1, -0.05) is 29.3 Å². The van der Waals surface area contributed by atoms with E-state index in [-0.39, 0.29) is 5.56 Å². The highest BCUT2D eigenvalue weighted by molar-refractivity contribution is 5.97. The summed E-state index contributed by atoms with van der Waals surface area (Å²) in [6, 6.07) is 8.97. The lowest BCUT2D eigenvalue weighted by Gasteiger charge is -2.17. The van der Waals surface area contributed by atoms with Crippen molar-refractivity contribution in [3.8, 4) is 11.5 Å². The van der Waals surface area contributed by atoms with Crippen molar-refractivity contribution in [3.05, 3.63) is 58.7 Å². The number of amides is 1. The average molecular weight is 343 g/mol. The Morgan fingerprint density at radius 1 is 0.920 bits per heavy atom. The van der Waals surface area contributed by atoms with Crippen molar-refractivity contribution in [2.75, 3.05) is 14.2 Å². The van der Waals surface area contributed by atoms with E-state index in [1.54, 1.807) is 18.2 Å². The van der Waals surface area contributed by atoms with Crippen LogP contribution in [-0.4, -0.2) is 31.2 Å². The lowest BCUT2D eigenvalue weighted by atomic mass is 10.0. The van der Waals surface area contributed by atoms with Crippen molar-refractivity contribution in [3.63, 3.8) is 0 Å². The molecule has 1 unspecified atom stereocenters. The third kappa shape index (κ3) is 4.50. The molecule has 0 fully saturated rings. The zero-order valence-corrected chi connectivity index (χ0v) is 14.6. The highest BCUT2D eigenvalue weighted by Crippen LogP contribution is 2.24. The van der Waals surface area contributed by atoms with Gasteiger partial charge in [-0.25, -0.2) is 4.79 Å². The molecule has 0 spiro atoms. The summed E-state index contributed by atoms with van der Waals surface area (Å²) in [7, 11) is 2.96. The summed E-state index contributed by atoms with van der Waals surface area (Å²) in [6.45, 7) is 3.76. The summed E-state index contributed by atoms with van der Waals surface area (Å²) in [5.41, 5.74) is 2.64. The molecule has 6 nitrogen and oxygen atoms in total. The molecule has 132 valence electrons. The van der Waals surface area contributed by atoms with E-state index >= 15 is 0 Å². The highest BCUT2D eigenvalue weighted by Gasteiger charge is 2.23. The third-order valence-electron chi connectivity index (χ3n) is 3.71. The van der Waals surface area contributed by atoms with E-state index in [9.17, 15) is 14.7 Å². The predicted octanol–water partition coefficient (Wildman–Crippen LogP) is 2.88. The maximum Gasteiger partial charge on any atom is 0.330 e. The number of aliphatic carboxylic acids is 1. The van der Waals surface area contributed by atoms with Gasteiger partial charge in [0, 0.05) is 11.6 Å². The highest BCUT2D eigenvalue weighted by atomic mass is 16.5. The van der Waals surface area contributed by atoms with Crippen LogP contribution in [0.15, 0.2) is 36.4 Å². The third-order valence-corrected chi connectivity index (χ3v) is 3.71. The number of nitrogens with one attached hydrogen (secondary N) is 1. The normalized spacial score (nSPS) is 11.5. The summed E-state index contributed by atoms with van der Waals surface area (Å²) >= 11 is 0. The minimum absolute atomic E-state index is 0.256. The molecule has 0 saturated heterocycles. The summed E-state index contributed by atoms with van der Waals surface area (Å²) in [6.07, 6.45) is 0. The van der Waals surface area contributed by atoms with Gasteiger partial charge in [0.05, 0.1) is 14.2 Å². The first-order chi connectivity index (χ1) is 11.8. The lowest BCUT2D eigenvalue weighted by Crippen LogP contribution is -2.33. The zero-order valence-electron chi connectivity index (χ0n) is 14.6. The van der Waals surface area contributed by atoms with E-state index in [4.69, 9.17) is 9.47 Å². The topological polar surface area (TPSA) is 84.9 Å². The number of aryl methyl sites for hydroxylation is 2. The number of ether oxygens (including phenoxy) is 2. The first kappa shape index (κ1) is 18.3. The van der Waals surface area contributed by atoms with Gasteiger partial charge in [-0.2, -0.15) is 0 Å². The number of carbonyl (C=O) groups is 2. The van der Waals surface area contributed by atoms with Gasteiger partial charge in [-0.3, -0.25) is 4.79 Å². The van der Waals surface area contributed by atoms with Gasteiger partial charge in [0.2, 0.25) is 0 Å². The van der Waals surface area contributed by atoms with Crippen molar-refractivity contribution in [2.45, 2.75) is 19.9 Å². The van der Waals surface area contributed by atoms with Crippen molar-refractivity contribution in [1.29, 1.82) is 0 Å². The van der Waals surface area contributed by atoms with Gasteiger partial charge in [0.1, 0.15) is 11.5 Å². The van der Waals surface area contributed by atoms with Crippen molar-refractivity contribution in [1.82, 2.24) is 5.32 Å². The van der Waals surface area contributed by atoms with Gasteiger partial charge in [-0.05, 0) is 31.5 Å². The fourth-order valence-electron chi connectivity index (χ4n) is 2.62. The monoisotopic (exact) mass is 343 g/mol. The second kappa shape index (κ2) is 7.70. The molecule has 6 heteroatoms. The molecule has 0 aliphatic heterocycles. The Bertz CT molecular complexity index is 758. The largest absolute Gasteiger partial charge is 0.497 e. The molecule has 1 atom stereocenters. The smallest absolute Gasteiger partial charge is 0.330 e. The van der Waals surface area contributed by atoms with Gasteiger partial charge in [0.15, 0.2) is 6.04 Å². The Morgan fingerprint density at radius 3 is 1.88 bits per heavy atom. The fraction of sp³-hybridized carbons (Fsp3) is 0.263. The van der Waals surface area contributed by atoms with Crippen LogP contribution < -0.4 is 14.8 Å². The molecular weight excluding hydrogens is 322 g/mol. The standard InChI is InChI=1S/C19H21NO5/c1-11-5-12(2)7-13(6-11)17(19(22)23)20-18(21)14-8-15(24-3)10-16(9-14)25-4/h5-10,17H,1-4H3,(H,20,21)(H,22,23). The van der Waals surface area contributed by atoms with E-state index in [0.29, 0.717) is 17.1 Å². The molecule has 0 heterocycles. The molecule has 0 aromatic heterocycles. The Morgan fingerprint density at radius 2 is 1.44 bits per heavy atom. The first-order valence-corrected chi connectivity index (χ1v) is 7.69. The van der Waals surface area contributed by atoms with E-state index in [1.807, 2.05) is 19.9 Å². The SMILES string of the molecule is COc1cc(OC)cc(C(=O)NC(C(=O)O)c2cc(C)cc(C)c2)c1. The van der Waals surface area contributed by atoms with Gasteiger partial charge >= 0.3 is 5.97 Å². The lowest BCUT2D eigenvalue weighted by molar-refractivity contribution is -0.139. The molecule has 0 saturated carbocycles. The maximum absolute atomic E-state index is 12.6. The number of carboxylic acids is 1. The van der Waals surface area contributed by atoms with E-state index < -0.39 is 17.9 Å². The van der Waals surface area contributed by atoms with E-state index in [0.717, 1.165) is 11.1 Å². The van der Waals surface area contributed by atoms with E-state index in [1.165, 1.54) is 26.4 Å². The van der Waals surface area contributed by atoms with Crippen molar-refractivity contribution in [2.24, 2.45) is 0 Å². The number of benzene rings is 2. The average Bonchev–Trinajstić information content (AvgIpc) is 2.57. The quantitative estimate of drug-likeness (QED) is 0.842. The molecular formula is C19H21NO5. The Hall–Kier alpha value is -3.02. The van der Waals surface area contributed by atoms with Crippen LogP contribution in [0.25, 0.3) is 0 Å². The number of carboxylic acid groups (broad SMARTS) is 1. The van der Waals surface area contributed by atoms with Crippen LogP contribution >= 0.6 is 0 Å². The summed E-state index contributed by atoms with van der Waals surface area (Å²) in [4.78, 5) is 24.2. The maximum atomic E-state index is 12.6. The second-order valence-corrected chi connectivity index (χ2v) is 5.77. The minimum Gasteiger partial charge on any atom is -0.497 e. The van der Waals surface area contributed by atoms with Crippen LogP contribution in [-0.2, 0) is 4.79 Å². The van der Waals surface area contributed by atoms with Crippen LogP contribution in [0.3, 0.4) is 0 Å². The number of rotatable bonds is 6. The molecule has 2 aromatic carbocycles. The van der Waals surface area contributed by atoms with Crippen molar-refractivity contribution < 1.29 is 24.2 Å². The number of hydrogen-bond donors (Lipinski definition) is 2. The second-order valence-electron chi connectivity index (χ2n) is 5.77. The molecule has 2 rings (SSSR count). The van der Waals surface area contributed by atoms with Gasteiger partial charge in [-0.15, -0.1) is 0 Å². The predicted molar refractivity (Wildman–Crippen MR) is 93.3 cm³/mol. The van der Waals surface area contributed by atoms with Crippen LogP contribution in [0.5, 0.6) is 11.5 Å². The summed E-state index contributed by atoms with van der Waals surface area (Å²) in [5.74, 6) is -0.762. The molecule has 0 aliphatic rings. The van der Waals surface area contributed by atoms with Crippen LogP contribution in [0.1, 0.15) is 33.1 Å². The first-order valence-electron chi connectivity index (χ1n) is 7.69. The molecule has 0 radical (unpaired) electrons. The summed E-state index contributed by atoms with van der Waals surface area (Å²) < 4.78 is 10.3. The summed E-state index contributed by atoms with van der Waals surface area (Å²) in [5, 5.41) is 12.1. The number of carbonyl (C=O) groups excluding carboxylic acids is 1. The molecule has 2 N–H and O–H groups in total. The minimum atomic E-state index is -1.15. The molecule has 2 aromatic rings.